The van der Waals surface area contributed by atoms with Crippen molar-refractivity contribution >= 4 is 34.0 Å². The predicted molar refractivity (Wildman–Crippen MR) is 121 cm³/mol. The predicted octanol–water partition coefficient (Wildman–Crippen LogP) is 5.96. The summed E-state index contributed by atoms with van der Waals surface area (Å²) in [6, 6.07) is 24.0. The molecule has 0 spiro atoms. The number of phenols is 1. The van der Waals surface area contributed by atoms with Crippen LogP contribution >= 0.6 is 0 Å². The van der Waals surface area contributed by atoms with Gasteiger partial charge in [-0.25, -0.2) is 10.3 Å². The average Bonchev–Trinajstić information content (AvgIpc) is 2.81. The number of hydrogen-bond acceptors (Lipinski definition) is 6. The Bertz CT molecular complexity index is 1310. The molecule has 4 aromatic carbocycles. The van der Waals surface area contributed by atoms with E-state index < -0.39 is 11.9 Å². The average molecular weight is 425 g/mol. The van der Waals surface area contributed by atoms with E-state index in [0.29, 0.717) is 16.9 Å². The van der Waals surface area contributed by atoms with Crippen molar-refractivity contribution in [3.05, 3.63) is 102 Å². The highest BCUT2D eigenvalue weighted by Crippen LogP contribution is 2.26. The second-order valence-electron chi connectivity index (χ2n) is 7.13. The molecule has 158 valence electrons. The minimum Gasteiger partial charge on any atom is -0.507 e. The molecule has 0 radical (unpaired) electrons. The molecule has 0 aliphatic rings. The van der Waals surface area contributed by atoms with Gasteiger partial charge < -0.3 is 9.94 Å². The van der Waals surface area contributed by atoms with Crippen LogP contribution < -0.4 is 5.48 Å². The van der Waals surface area contributed by atoms with Gasteiger partial charge in [0.1, 0.15) is 5.75 Å². The van der Waals surface area contributed by atoms with Crippen molar-refractivity contribution in [1.29, 1.82) is 0 Å². The Morgan fingerprint density at radius 2 is 1.53 bits per heavy atom. The van der Waals surface area contributed by atoms with Gasteiger partial charge in [0.15, 0.2) is 0 Å². The second-order valence-corrected chi connectivity index (χ2v) is 7.13. The quantitative estimate of drug-likeness (QED) is 0.303. The monoisotopic (exact) mass is 425 g/mol. The smallest absolute Gasteiger partial charge is 0.362 e. The molecule has 0 aliphatic heterocycles. The van der Waals surface area contributed by atoms with Crippen LogP contribution in [0, 0.1) is 6.92 Å². The van der Waals surface area contributed by atoms with Gasteiger partial charge in [0.25, 0.3) is 5.91 Å². The number of carbonyl (C=O) groups is 2. The minimum atomic E-state index is -0.650. The molecule has 7 nitrogen and oxygen atoms in total. The summed E-state index contributed by atoms with van der Waals surface area (Å²) < 4.78 is 0. The Morgan fingerprint density at radius 3 is 2.22 bits per heavy atom. The lowest BCUT2D eigenvalue weighted by Gasteiger charge is -2.07. The van der Waals surface area contributed by atoms with Crippen molar-refractivity contribution in [2.24, 2.45) is 10.2 Å². The van der Waals surface area contributed by atoms with E-state index in [0.717, 1.165) is 16.3 Å². The molecule has 1 amide bonds. The normalized spacial score (nSPS) is 10.9. The molecule has 4 aromatic rings. The maximum absolute atomic E-state index is 12.4. The lowest BCUT2D eigenvalue weighted by Crippen LogP contribution is -2.10. The molecule has 7 heteroatoms. The molecule has 0 aromatic heterocycles. The van der Waals surface area contributed by atoms with Crippen LogP contribution in [-0.4, -0.2) is 17.0 Å². The van der Waals surface area contributed by atoms with Crippen molar-refractivity contribution in [2.75, 3.05) is 5.48 Å². The zero-order valence-corrected chi connectivity index (χ0v) is 17.1. The topological polar surface area (TPSA) is 100 Å². The number of aromatic hydroxyl groups is 1. The summed E-state index contributed by atoms with van der Waals surface area (Å²) in [5.74, 6) is -1.31. The van der Waals surface area contributed by atoms with Gasteiger partial charge in [-0.05, 0) is 66.2 Å². The van der Waals surface area contributed by atoms with Gasteiger partial charge in [-0.1, -0.05) is 42.0 Å². The molecule has 0 unspecified atom stereocenters. The standard InChI is InChI=1S/C25H19N3O4/c1-16-6-8-17(9-7-16)25(31)32-28-21-12-10-20(11-13-21)26-27-24(30)22-14-18-4-2-3-5-19(18)15-23(22)29/h2-15,28-29H,1H3. The maximum Gasteiger partial charge on any atom is 0.362 e. The first kappa shape index (κ1) is 20.7. The summed E-state index contributed by atoms with van der Waals surface area (Å²) in [6.07, 6.45) is 0. The van der Waals surface area contributed by atoms with Crippen molar-refractivity contribution in [3.63, 3.8) is 0 Å². The Kier molecular flexibility index (Phi) is 5.89. The van der Waals surface area contributed by atoms with Crippen LogP contribution in [0.15, 0.2) is 95.2 Å². The van der Waals surface area contributed by atoms with Crippen LogP contribution in [0.2, 0.25) is 0 Å². The third-order valence-electron chi connectivity index (χ3n) is 4.77. The molecule has 0 fully saturated rings. The minimum absolute atomic E-state index is 0.0776. The third kappa shape index (κ3) is 4.79. The molecular formula is C25H19N3O4. The van der Waals surface area contributed by atoms with Gasteiger partial charge in [0.2, 0.25) is 0 Å². The van der Waals surface area contributed by atoms with E-state index in [4.69, 9.17) is 4.84 Å². The van der Waals surface area contributed by atoms with Gasteiger partial charge >= 0.3 is 5.97 Å². The Morgan fingerprint density at radius 1 is 0.875 bits per heavy atom. The lowest BCUT2D eigenvalue weighted by molar-refractivity contribution is 0.0596. The summed E-state index contributed by atoms with van der Waals surface area (Å²) in [5.41, 5.74) is 5.10. The first-order valence-electron chi connectivity index (χ1n) is 9.81. The number of hydrogen-bond donors (Lipinski definition) is 2. The summed E-state index contributed by atoms with van der Waals surface area (Å²) in [5, 5.41) is 19.4. The zero-order valence-electron chi connectivity index (χ0n) is 17.1. The van der Waals surface area contributed by atoms with Crippen molar-refractivity contribution < 1.29 is 19.5 Å². The lowest BCUT2D eigenvalue weighted by atomic mass is 10.1. The van der Waals surface area contributed by atoms with Gasteiger partial charge in [0, 0.05) is 0 Å². The van der Waals surface area contributed by atoms with Crippen LogP contribution in [0.1, 0.15) is 26.3 Å². The number of azo groups is 1. The third-order valence-corrected chi connectivity index (χ3v) is 4.77. The highest BCUT2D eigenvalue weighted by molar-refractivity contribution is 6.01. The van der Waals surface area contributed by atoms with Crippen molar-refractivity contribution in [1.82, 2.24) is 0 Å². The van der Waals surface area contributed by atoms with E-state index in [2.05, 4.69) is 15.7 Å². The fourth-order valence-corrected chi connectivity index (χ4v) is 3.01. The molecule has 2 N–H and O–H groups in total. The van der Waals surface area contributed by atoms with Crippen LogP contribution in [0.3, 0.4) is 0 Å². The van der Waals surface area contributed by atoms with Crippen LogP contribution in [0.25, 0.3) is 10.8 Å². The number of carbonyl (C=O) groups excluding carboxylic acids is 2. The number of phenolic OH excluding ortho intramolecular Hbond substituents is 1. The summed E-state index contributed by atoms with van der Waals surface area (Å²) >= 11 is 0. The number of nitrogens with zero attached hydrogens (tertiary/aromatic N) is 2. The highest BCUT2D eigenvalue weighted by Gasteiger charge is 2.12. The van der Waals surface area contributed by atoms with E-state index in [1.807, 2.05) is 43.3 Å². The Hall–Kier alpha value is -4.52. The van der Waals surface area contributed by atoms with Crippen LogP contribution in [0.4, 0.5) is 11.4 Å². The number of nitrogens with one attached hydrogen (secondary N) is 1. The van der Waals surface area contributed by atoms with E-state index in [9.17, 15) is 14.7 Å². The van der Waals surface area contributed by atoms with Crippen LogP contribution in [0.5, 0.6) is 5.75 Å². The second kappa shape index (κ2) is 9.09. The van der Waals surface area contributed by atoms with Gasteiger partial charge in [-0.15, -0.1) is 10.2 Å². The summed E-state index contributed by atoms with van der Waals surface area (Å²) in [4.78, 5) is 29.5. The fraction of sp³-hybridized carbons (Fsp3) is 0.0400. The van der Waals surface area contributed by atoms with Gasteiger partial charge in [0.05, 0.1) is 22.5 Å². The van der Waals surface area contributed by atoms with E-state index in [1.54, 1.807) is 42.5 Å². The summed E-state index contributed by atoms with van der Waals surface area (Å²) in [7, 11) is 0. The number of rotatable bonds is 5. The molecule has 0 saturated heterocycles. The molecule has 0 bridgehead atoms. The van der Waals surface area contributed by atoms with Gasteiger partial charge in [-0.3, -0.25) is 4.79 Å². The number of aryl methyl sites for hydroxylation is 1. The largest absolute Gasteiger partial charge is 0.507 e. The van der Waals surface area contributed by atoms with Crippen LogP contribution in [-0.2, 0) is 4.84 Å². The van der Waals surface area contributed by atoms with E-state index in [1.165, 1.54) is 6.07 Å². The van der Waals surface area contributed by atoms with Crippen molar-refractivity contribution in [2.45, 2.75) is 6.92 Å². The first-order chi connectivity index (χ1) is 15.5. The number of fused-ring (bicyclic) bond motifs is 1. The Balaban J connectivity index is 1.39. The SMILES string of the molecule is Cc1ccc(C(=O)ONc2ccc(N=NC(=O)c3cc4ccccc4cc3O)cc2)cc1. The number of benzene rings is 4. The molecular weight excluding hydrogens is 406 g/mol. The molecule has 0 saturated carbocycles. The number of anilines is 1. The highest BCUT2D eigenvalue weighted by atomic mass is 16.7. The summed E-state index contributed by atoms with van der Waals surface area (Å²) in [6.45, 7) is 1.93. The molecule has 32 heavy (non-hydrogen) atoms. The van der Waals surface area contributed by atoms with Crippen molar-refractivity contribution in [3.8, 4) is 5.75 Å². The van der Waals surface area contributed by atoms with Gasteiger partial charge in [-0.2, -0.15) is 0 Å². The van der Waals surface area contributed by atoms with E-state index in [-0.39, 0.29) is 11.3 Å². The molecule has 4 rings (SSSR count). The fourth-order valence-electron chi connectivity index (χ4n) is 3.01. The van der Waals surface area contributed by atoms with E-state index >= 15 is 0 Å². The first-order valence-corrected chi connectivity index (χ1v) is 9.81. The maximum atomic E-state index is 12.4. The molecule has 0 heterocycles. The molecule has 0 aliphatic carbocycles. The number of amides is 1. The zero-order chi connectivity index (χ0) is 22.5. The Labute approximate surface area is 184 Å². The molecule has 0 atom stereocenters.